The minimum Gasteiger partial charge on any atom is -0.369 e. The monoisotopic (exact) mass is 417 g/mol. The summed E-state index contributed by atoms with van der Waals surface area (Å²) in [6.07, 6.45) is 13.6. The first kappa shape index (κ1) is 23.1. The molecule has 2 aromatic carbocycles. The molecule has 31 heavy (non-hydrogen) atoms. The summed E-state index contributed by atoms with van der Waals surface area (Å²) in [4.78, 5) is 4.80. The van der Waals surface area contributed by atoms with Crippen molar-refractivity contribution in [2.45, 2.75) is 84.5 Å². The third-order valence-electron chi connectivity index (χ3n) is 6.05. The Bertz CT molecular complexity index is 894. The third-order valence-corrected chi connectivity index (χ3v) is 6.05. The Balaban J connectivity index is 1.82. The van der Waals surface area contributed by atoms with Crippen molar-refractivity contribution in [1.82, 2.24) is 9.55 Å². The Morgan fingerprint density at radius 2 is 1.32 bits per heavy atom. The molecule has 0 bridgehead atoms. The van der Waals surface area contributed by atoms with Gasteiger partial charge in [0, 0.05) is 11.3 Å². The first-order valence-corrected chi connectivity index (χ1v) is 12.3. The van der Waals surface area contributed by atoms with Crippen molar-refractivity contribution in [3.63, 3.8) is 0 Å². The van der Waals surface area contributed by atoms with E-state index < -0.39 is 0 Å². The maximum Gasteiger partial charge on any atom is 0.205 e. The SMILES string of the molecule is CCCCCCCc1ccc(-n2c(N)nc(CCCCCC)c2-c2ccccc2)cc1. The van der Waals surface area contributed by atoms with Crippen LogP contribution in [0.1, 0.15) is 82.9 Å². The van der Waals surface area contributed by atoms with Crippen LogP contribution in [-0.4, -0.2) is 9.55 Å². The molecular formula is C28H39N3. The minimum atomic E-state index is 0.580. The van der Waals surface area contributed by atoms with E-state index >= 15 is 0 Å². The van der Waals surface area contributed by atoms with Gasteiger partial charge in [-0.15, -0.1) is 0 Å². The Morgan fingerprint density at radius 3 is 2.00 bits per heavy atom. The molecule has 0 unspecified atom stereocenters. The number of hydrogen-bond donors (Lipinski definition) is 1. The number of hydrogen-bond acceptors (Lipinski definition) is 2. The molecule has 3 heteroatoms. The maximum atomic E-state index is 6.46. The highest BCUT2D eigenvalue weighted by Gasteiger charge is 2.18. The lowest BCUT2D eigenvalue weighted by Gasteiger charge is -2.13. The van der Waals surface area contributed by atoms with E-state index in [0.29, 0.717) is 5.95 Å². The van der Waals surface area contributed by atoms with Crippen molar-refractivity contribution in [2.75, 3.05) is 5.73 Å². The van der Waals surface area contributed by atoms with Gasteiger partial charge >= 0.3 is 0 Å². The Labute approximate surface area is 188 Å². The number of nitrogen functional groups attached to an aromatic ring is 1. The van der Waals surface area contributed by atoms with Gasteiger partial charge < -0.3 is 5.73 Å². The largest absolute Gasteiger partial charge is 0.369 e. The third kappa shape index (κ3) is 6.46. The summed E-state index contributed by atoms with van der Waals surface area (Å²) in [5, 5.41) is 0. The molecule has 1 aromatic heterocycles. The van der Waals surface area contributed by atoms with E-state index in [4.69, 9.17) is 10.7 Å². The molecule has 0 saturated carbocycles. The summed E-state index contributed by atoms with van der Waals surface area (Å²) >= 11 is 0. The number of aromatic nitrogens is 2. The molecule has 3 nitrogen and oxygen atoms in total. The lowest BCUT2D eigenvalue weighted by Crippen LogP contribution is -2.03. The highest BCUT2D eigenvalue weighted by Crippen LogP contribution is 2.31. The highest BCUT2D eigenvalue weighted by atomic mass is 15.2. The molecular weight excluding hydrogens is 378 g/mol. The number of anilines is 1. The second kappa shape index (κ2) is 12.3. The van der Waals surface area contributed by atoms with Gasteiger partial charge in [-0.25, -0.2) is 4.98 Å². The van der Waals surface area contributed by atoms with E-state index in [9.17, 15) is 0 Å². The number of benzene rings is 2. The van der Waals surface area contributed by atoms with Gasteiger partial charge in [0.15, 0.2) is 0 Å². The van der Waals surface area contributed by atoms with E-state index in [2.05, 4.69) is 73.0 Å². The molecule has 0 aliphatic carbocycles. The average molecular weight is 418 g/mol. The summed E-state index contributed by atoms with van der Waals surface area (Å²) in [6.45, 7) is 4.51. The molecule has 3 rings (SSSR count). The second-order valence-electron chi connectivity index (χ2n) is 8.61. The van der Waals surface area contributed by atoms with E-state index in [1.54, 1.807) is 0 Å². The van der Waals surface area contributed by atoms with Crippen LogP contribution in [0.5, 0.6) is 0 Å². The molecule has 3 aromatic rings. The highest BCUT2D eigenvalue weighted by molar-refractivity contribution is 5.68. The molecule has 0 saturated heterocycles. The van der Waals surface area contributed by atoms with Crippen LogP contribution < -0.4 is 5.73 Å². The predicted molar refractivity (Wildman–Crippen MR) is 134 cm³/mol. The number of rotatable bonds is 13. The summed E-state index contributed by atoms with van der Waals surface area (Å²) in [7, 11) is 0. The van der Waals surface area contributed by atoms with Crippen molar-refractivity contribution >= 4 is 5.95 Å². The van der Waals surface area contributed by atoms with Gasteiger partial charge in [-0.3, -0.25) is 4.57 Å². The van der Waals surface area contributed by atoms with Crippen LogP contribution in [-0.2, 0) is 12.8 Å². The molecule has 0 radical (unpaired) electrons. The summed E-state index contributed by atoms with van der Waals surface area (Å²) in [6, 6.07) is 19.5. The molecule has 2 N–H and O–H groups in total. The van der Waals surface area contributed by atoms with Crippen molar-refractivity contribution < 1.29 is 0 Å². The van der Waals surface area contributed by atoms with Crippen LogP contribution in [0.3, 0.4) is 0 Å². The van der Waals surface area contributed by atoms with Gasteiger partial charge in [0.05, 0.1) is 11.4 Å². The minimum absolute atomic E-state index is 0.580. The Kier molecular flexibility index (Phi) is 9.20. The molecule has 0 aliphatic rings. The van der Waals surface area contributed by atoms with Crippen LogP contribution in [0.25, 0.3) is 16.9 Å². The van der Waals surface area contributed by atoms with Gasteiger partial charge in [-0.1, -0.05) is 101 Å². The standard InChI is InChI=1S/C28H39N3/c1-3-5-7-9-11-15-23-19-21-25(22-20-23)31-27(24-16-12-10-13-17-24)26(30-28(31)29)18-14-8-6-4-2/h10,12-13,16-17,19-22H,3-9,11,14-15,18H2,1-2H3,(H2,29,30). The van der Waals surface area contributed by atoms with Crippen LogP contribution in [0, 0.1) is 0 Å². The van der Waals surface area contributed by atoms with Crippen molar-refractivity contribution in [1.29, 1.82) is 0 Å². The van der Waals surface area contributed by atoms with Crippen molar-refractivity contribution in [2.24, 2.45) is 0 Å². The fourth-order valence-electron chi connectivity index (χ4n) is 4.28. The smallest absolute Gasteiger partial charge is 0.205 e. The summed E-state index contributed by atoms with van der Waals surface area (Å²) in [5.41, 5.74) is 12.4. The van der Waals surface area contributed by atoms with Gasteiger partial charge in [0.25, 0.3) is 0 Å². The molecule has 0 fully saturated rings. The number of nitrogens with two attached hydrogens (primary N) is 1. The summed E-state index contributed by atoms with van der Waals surface area (Å²) in [5.74, 6) is 0.580. The number of unbranched alkanes of at least 4 members (excludes halogenated alkanes) is 7. The zero-order valence-corrected chi connectivity index (χ0v) is 19.4. The fraction of sp³-hybridized carbons (Fsp3) is 0.464. The van der Waals surface area contributed by atoms with E-state index in [1.165, 1.54) is 62.5 Å². The quantitative estimate of drug-likeness (QED) is 0.289. The first-order valence-electron chi connectivity index (χ1n) is 12.3. The molecule has 0 spiro atoms. The average Bonchev–Trinajstić information content (AvgIpc) is 3.13. The zero-order chi connectivity index (χ0) is 21.9. The van der Waals surface area contributed by atoms with Crippen molar-refractivity contribution in [3.05, 3.63) is 65.9 Å². The number of aryl methyl sites for hydroxylation is 2. The molecule has 0 amide bonds. The van der Waals surface area contributed by atoms with Crippen molar-refractivity contribution in [3.8, 4) is 16.9 Å². The lowest BCUT2D eigenvalue weighted by molar-refractivity contribution is 0.632. The Hall–Kier alpha value is -2.55. The predicted octanol–water partition coefficient (Wildman–Crippen LogP) is 7.76. The number of imidazole rings is 1. The topological polar surface area (TPSA) is 43.8 Å². The normalized spacial score (nSPS) is 11.2. The second-order valence-corrected chi connectivity index (χ2v) is 8.61. The fourth-order valence-corrected chi connectivity index (χ4v) is 4.28. The van der Waals surface area contributed by atoms with Gasteiger partial charge in [0.2, 0.25) is 5.95 Å². The Morgan fingerprint density at radius 1 is 0.710 bits per heavy atom. The van der Waals surface area contributed by atoms with E-state index in [0.717, 1.165) is 36.3 Å². The molecule has 166 valence electrons. The maximum absolute atomic E-state index is 6.46. The zero-order valence-electron chi connectivity index (χ0n) is 19.4. The lowest BCUT2D eigenvalue weighted by atomic mass is 10.0. The van der Waals surface area contributed by atoms with Crippen LogP contribution >= 0.6 is 0 Å². The molecule has 0 aliphatic heterocycles. The summed E-state index contributed by atoms with van der Waals surface area (Å²) < 4.78 is 2.13. The van der Waals surface area contributed by atoms with Gasteiger partial charge in [-0.05, 0) is 43.4 Å². The number of nitrogens with zero attached hydrogens (tertiary/aromatic N) is 2. The van der Waals surface area contributed by atoms with E-state index in [-0.39, 0.29) is 0 Å². The van der Waals surface area contributed by atoms with Gasteiger partial charge in [-0.2, -0.15) is 0 Å². The molecule has 0 atom stereocenters. The molecule has 1 heterocycles. The van der Waals surface area contributed by atoms with Crippen LogP contribution in [0.15, 0.2) is 54.6 Å². The van der Waals surface area contributed by atoms with Crippen LogP contribution in [0.2, 0.25) is 0 Å². The first-order chi connectivity index (χ1) is 15.2. The van der Waals surface area contributed by atoms with Gasteiger partial charge in [0.1, 0.15) is 0 Å². The van der Waals surface area contributed by atoms with Crippen LogP contribution in [0.4, 0.5) is 5.95 Å². The van der Waals surface area contributed by atoms with E-state index in [1.807, 2.05) is 0 Å².